The van der Waals surface area contributed by atoms with E-state index in [0.717, 1.165) is 61.9 Å². The molecule has 0 unspecified atom stereocenters. The molecule has 0 atom stereocenters. The number of carbonyl (C=O) groups excluding carboxylic acids is 2. The van der Waals surface area contributed by atoms with Crippen molar-refractivity contribution in [1.29, 1.82) is 0 Å². The van der Waals surface area contributed by atoms with Crippen LogP contribution in [-0.2, 0) is 29.0 Å². The highest BCUT2D eigenvalue weighted by Gasteiger charge is 2.26. The summed E-state index contributed by atoms with van der Waals surface area (Å²) < 4.78 is 0. The molecule has 0 spiro atoms. The Morgan fingerprint density at radius 3 is 2.74 bits per heavy atom. The van der Waals surface area contributed by atoms with Crippen molar-refractivity contribution in [1.82, 2.24) is 25.5 Å². The molecule has 5 rings (SSSR count). The highest BCUT2D eigenvalue weighted by atomic mass is 32.1. The summed E-state index contributed by atoms with van der Waals surface area (Å²) >= 11 is 1.53. The maximum Gasteiger partial charge on any atom is 0.251 e. The summed E-state index contributed by atoms with van der Waals surface area (Å²) in [6.07, 6.45) is 9.71. The van der Waals surface area contributed by atoms with Gasteiger partial charge in [0.15, 0.2) is 0 Å². The molecule has 2 amide bonds. The van der Waals surface area contributed by atoms with Crippen LogP contribution in [0.15, 0.2) is 35.7 Å². The van der Waals surface area contributed by atoms with Gasteiger partial charge in [0.25, 0.3) is 5.91 Å². The van der Waals surface area contributed by atoms with E-state index >= 15 is 0 Å². The summed E-state index contributed by atoms with van der Waals surface area (Å²) in [6, 6.07) is 10.1. The Morgan fingerprint density at radius 1 is 1.06 bits per heavy atom. The summed E-state index contributed by atoms with van der Waals surface area (Å²) in [5.41, 5.74) is 3.28. The van der Waals surface area contributed by atoms with Crippen molar-refractivity contribution < 1.29 is 9.59 Å². The molecular formula is C25H30N6O2S. The number of fused-ring (bicyclic) bond motifs is 1. The Balaban J connectivity index is 1.37. The van der Waals surface area contributed by atoms with Crippen molar-refractivity contribution in [3.63, 3.8) is 0 Å². The highest BCUT2D eigenvalue weighted by molar-refractivity contribution is 7.13. The van der Waals surface area contributed by atoms with Gasteiger partial charge in [0.2, 0.25) is 11.7 Å². The second kappa shape index (κ2) is 10.5. The van der Waals surface area contributed by atoms with Gasteiger partial charge in [0.1, 0.15) is 13.1 Å². The Kier molecular flexibility index (Phi) is 6.99. The molecule has 34 heavy (non-hydrogen) atoms. The molecule has 3 aromatic rings. The predicted molar refractivity (Wildman–Crippen MR) is 132 cm³/mol. The number of thiophene rings is 1. The molecule has 1 aromatic carbocycles. The Morgan fingerprint density at radius 2 is 1.91 bits per heavy atom. The van der Waals surface area contributed by atoms with E-state index in [1.807, 2.05) is 29.6 Å². The van der Waals surface area contributed by atoms with Gasteiger partial charge in [-0.2, -0.15) is 4.80 Å². The zero-order chi connectivity index (χ0) is 23.3. The second-order valence-electron chi connectivity index (χ2n) is 9.13. The van der Waals surface area contributed by atoms with Crippen molar-refractivity contribution in [2.24, 2.45) is 0 Å². The van der Waals surface area contributed by atoms with Crippen LogP contribution in [0, 0.1) is 0 Å². The normalized spacial score (nSPS) is 16.1. The van der Waals surface area contributed by atoms with Crippen molar-refractivity contribution in [2.75, 3.05) is 11.4 Å². The fourth-order valence-electron chi connectivity index (χ4n) is 5.01. The van der Waals surface area contributed by atoms with Crippen LogP contribution in [-0.4, -0.2) is 44.6 Å². The van der Waals surface area contributed by atoms with E-state index in [-0.39, 0.29) is 30.9 Å². The number of amides is 2. The zero-order valence-electron chi connectivity index (χ0n) is 19.3. The lowest BCUT2D eigenvalue weighted by Gasteiger charge is -2.29. The number of rotatable bonds is 7. The Bertz CT molecular complexity index is 1140. The summed E-state index contributed by atoms with van der Waals surface area (Å²) in [5.74, 6) is 0.175. The first-order valence-electron chi connectivity index (χ1n) is 12.2. The van der Waals surface area contributed by atoms with Gasteiger partial charge < -0.3 is 10.2 Å². The summed E-state index contributed by atoms with van der Waals surface area (Å²) in [6.45, 7) is -0.0724. The number of nitrogens with one attached hydrogen (secondary N) is 1. The lowest BCUT2D eigenvalue weighted by atomic mass is 9.90. The molecule has 2 aliphatic rings. The van der Waals surface area contributed by atoms with Gasteiger partial charge in [-0.3, -0.25) is 9.59 Å². The third-order valence-corrected chi connectivity index (χ3v) is 7.57. The van der Waals surface area contributed by atoms with E-state index < -0.39 is 0 Å². The molecule has 2 aromatic heterocycles. The van der Waals surface area contributed by atoms with Gasteiger partial charge in [-0.25, -0.2) is 0 Å². The van der Waals surface area contributed by atoms with Crippen LogP contribution < -0.4 is 10.2 Å². The van der Waals surface area contributed by atoms with Gasteiger partial charge in [0, 0.05) is 11.7 Å². The molecule has 0 bridgehead atoms. The third-order valence-electron chi connectivity index (χ3n) is 6.71. The summed E-state index contributed by atoms with van der Waals surface area (Å²) in [5, 5.41) is 17.7. The maximum absolute atomic E-state index is 13.5. The van der Waals surface area contributed by atoms with Crippen LogP contribution in [0.1, 0.15) is 56.1 Å². The molecule has 2 aliphatic carbocycles. The average molecular weight is 479 g/mol. The van der Waals surface area contributed by atoms with Crippen LogP contribution in [0.4, 0.5) is 5.69 Å². The molecule has 0 radical (unpaired) electrons. The minimum absolute atomic E-state index is 0.00172. The van der Waals surface area contributed by atoms with Crippen LogP contribution in [0.25, 0.3) is 10.7 Å². The largest absolute Gasteiger partial charge is 0.352 e. The minimum atomic E-state index is -0.215. The number of tetrazole rings is 1. The van der Waals surface area contributed by atoms with Crippen LogP contribution in [0.3, 0.4) is 0 Å². The first-order valence-corrected chi connectivity index (χ1v) is 13.1. The maximum atomic E-state index is 13.5. The van der Waals surface area contributed by atoms with Gasteiger partial charge >= 0.3 is 0 Å². The quantitative estimate of drug-likeness (QED) is 0.558. The average Bonchev–Trinajstić information content (AvgIpc) is 3.55. The first-order chi connectivity index (χ1) is 16.7. The van der Waals surface area contributed by atoms with Crippen LogP contribution >= 0.6 is 11.3 Å². The number of benzene rings is 1. The molecular weight excluding hydrogens is 448 g/mol. The van der Waals surface area contributed by atoms with Gasteiger partial charge in [-0.1, -0.05) is 37.5 Å². The van der Waals surface area contributed by atoms with E-state index in [9.17, 15) is 9.59 Å². The SMILES string of the molecule is O=C(CN(C(=O)Cn1nnc(-c2cccs2)n1)c1cccc2c1CCCC2)NC1CCCCC1. The molecule has 1 N–H and O–H groups in total. The smallest absolute Gasteiger partial charge is 0.251 e. The van der Waals surface area contributed by atoms with E-state index in [1.54, 1.807) is 4.90 Å². The lowest BCUT2D eigenvalue weighted by Crippen LogP contribution is -2.46. The number of nitrogens with zero attached hydrogens (tertiary/aromatic N) is 5. The lowest BCUT2D eigenvalue weighted by molar-refractivity contribution is -0.124. The summed E-state index contributed by atoms with van der Waals surface area (Å²) in [4.78, 5) is 30.4. The molecule has 9 heteroatoms. The Hall–Kier alpha value is -3.07. The second-order valence-corrected chi connectivity index (χ2v) is 10.1. The van der Waals surface area contributed by atoms with Gasteiger partial charge in [0.05, 0.1) is 4.88 Å². The fourth-order valence-corrected chi connectivity index (χ4v) is 5.65. The number of aryl methyl sites for hydroxylation is 1. The van der Waals surface area contributed by atoms with Crippen molar-refractivity contribution >= 4 is 28.8 Å². The molecule has 0 aliphatic heterocycles. The summed E-state index contributed by atoms with van der Waals surface area (Å²) in [7, 11) is 0. The van der Waals surface area contributed by atoms with Gasteiger partial charge in [-0.15, -0.1) is 21.5 Å². The first kappa shape index (κ1) is 22.7. The van der Waals surface area contributed by atoms with E-state index in [2.05, 4.69) is 26.8 Å². The number of anilines is 1. The Labute approximate surface area is 203 Å². The molecule has 8 nitrogen and oxygen atoms in total. The highest BCUT2D eigenvalue weighted by Crippen LogP contribution is 2.31. The molecule has 1 saturated carbocycles. The number of hydrogen-bond donors (Lipinski definition) is 1. The van der Waals surface area contributed by atoms with Crippen LogP contribution in [0.2, 0.25) is 0 Å². The minimum Gasteiger partial charge on any atom is -0.352 e. The van der Waals surface area contributed by atoms with Crippen molar-refractivity contribution in [3.05, 3.63) is 46.8 Å². The van der Waals surface area contributed by atoms with Crippen LogP contribution in [0.5, 0.6) is 0 Å². The van der Waals surface area contributed by atoms with E-state index in [0.29, 0.717) is 5.82 Å². The molecule has 178 valence electrons. The molecule has 1 fully saturated rings. The standard InChI is InChI=1S/C25H30N6O2S/c32-23(26-19-10-2-1-3-11-19)16-30(21-13-6-9-18-8-4-5-12-20(18)21)24(33)17-31-28-25(27-29-31)22-14-7-15-34-22/h6-7,9,13-15,19H,1-5,8,10-12,16-17H2,(H,26,32). The topological polar surface area (TPSA) is 93.0 Å². The zero-order valence-corrected chi connectivity index (χ0v) is 20.1. The molecule has 2 heterocycles. The molecule has 0 saturated heterocycles. The van der Waals surface area contributed by atoms with E-state index in [1.165, 1.54) is 33.7 Å². The van der Waals surface area contributed by atoms with Crippen molar-refractivity contribution in [3.8, 4) is 10.7 Å². The van der Waals surface area contributed by atoms with Crippen molar-refractivity contribution in [2.45, 2.75) is 70.4 Å². The van der Waals surface area contributed by atoms with Gasteiger partial charge in [-0.05, 0) is 72.4 Å². The fraction of sp³-hybridized carbons (Fsp3) is 0.480. The number of hydrogen-bond acceptors (Lipinski definition) is 6. The monoisotopic (exact) mass is 478 g/mol. The third kappa shape index (κ3) is 5.19. The van der Waals surface area contributed by atoms with E-state index in [4.69, 9.17) is 0 Å². The number of aromatic nitrogens is 4. The number of carbonyl (C=O) groups is 2. The predicted octanol–water partition coefficient (Wildman–Crippen LogP) is 3.76.